The van der Waals surface area contributed by atoms with Gasteiger partial charge in [0.1, 0.15) is 5.69 Å². The summed E-state index contributed by atoms with van der Waals surface area (Å²) in [6.07, 6.45) is 5.34. The molecule has 0 fully saturated rings. The molecule has 0 spiro atoms. The molecule has 3 rings (SSSR count). The minimum Gasteiger partial charge on any atom is -0.361 e. The van der Waals surface area contributed by atoms with Gasteiger partial charge in [-0.25, -0.2) is 4.98 Å². The Labute approximate surface area is 140 Å². The van der Waals surface area contributed by atoms with Crippen LogP contribution in [0.2, 0.25) is 0 Å². The quantitative estimate of drug-likeness (QED) is 0.796. The van der Waals surface area contributed by atoms with E-state index in [1.165, 1.54) is 0 Å². The summed E-state index contributed by atoms with van der Waals surface area (Å²) in [4.78, 5) is 25.0. The van der Waals surface area contributed by atoms with Crippen molar-refractivity contribution in [1.82, 2.24) is 14.4 Å². The highest BCUT2D eigenvalue weighted by atomic mass is 16.1. The highest BCUT2D eigenvalue weighted by Crippen LogP contribution is 2.24. The lowest BCUT2D eigenvalue weighted by molar-refractivity contribution is 0.102. The fourth-order valence-corrected chi connectivity index (χ4v) is 2.38. The van der Waals surface area contributed by atoms with Gasteiger partial charge in [0.25, 0.3) is 5.91 Å². The molecule has 0 unspecified atom stereocenters. The van der Waals surface area contributed by atoms with E-state index in [4.69, 9.17) is 0 Å². The molecule has 0 aliphatic carbocycles. The molecule has 1 N–H and O–H groups in total. The Morgan fingerprint density at radius 3 is 2.62 bits per heavy atom. The van der Waals surface area contributed by atoms with Crippen LogP contribution in [0, 0.1) is 0 Å². The zero-order valence-corrected chi connectivity index (χ0v) is 14.2. The number of nitrogens with one attached hydrogen (secondary N) is 1. The Bertz CT molecular complexity index is 851. The van der Waals surface area contributed by atoms with Gasteiger partial charge in [-0.15, -0.1) is 0 Å². The fourth-order valence-electron chi connectivity index (χ4n) is 2.38. The highest BCUT2D eigenvalue weighted by Gasteiger charge is 2.15. The monoisotopic (exact) mass is 324 g/mol. The van der Waals surface area contributed by atoms with Gasteiger partial charge < -0.3 is 19.5 Å². The van der Waals surface area contributed by atoms with Crippen LogP contribution in [-0.4, -0.2) is 48.5 Å². The van der Waals surface area contributed by atoms with E-state index in [1.807, 2.05) is 72.9 Å². The Hall–Kier alpha value is -3.09. The van der Waals surface area contributed by atoms with E-state index in [9.17, 15) is 4.79 Å². The van der Waals surface area contributed by atoms with Crippen molar-refractivity contribution >= 4 is 28.9 Å². The number of anilines is 3. The van der Waals surface area contributed by atoms with E-state index in [1.54, 1.807) is 12.4 Å². The van der Waals surface area contributed by atoms with Crippen LogP contribution in [0.1, 0.15) is 10.4 Å². The fraction of sp³-hybridized carbons (Fsp3) is 0.235. The second-order valence-corrected chi connectivity index (χ2v) is 5.91. The normalized spacial score (nSPS) is 10.7. The molecule has 0 radical (unpaired) electrons. The molecular weight excluding hydrogens is 304 g/mol. The summed E-state index contributed by atoms with van der Waals surface area (Å²) in [5.74, 6) is 1.06. The second kappa shape index (κ2) is 6.19. The lowest BCUT2D eigenvalue weighted by Gasteiger charge is -2.19. The van der Waals surface area contributed by atoms with E-state index >= 15 is 0 Å². The highest BCUT2D eigenvalue weighted by molar-refractivity contribution is 6.06. The molecule has 0 saturated heterocycles. The number of aromatic nitrogens is 3. The largest absolute Gasteiger partial charge is 0.361 e. The Balaban J connectivity index is 1.90. The average molecular weight is 324 g/mol. The van der Waals surface area contributed by atoms with Crippen LogP contribution in [0.4, 0.5) is 17.5 Å². The summed E-state index contributed by atoms with van der Waals surface area (Å²) in [7, 11) is 7.51. The summed E-state index contributed by atoms with van der Waals surface area (Å²) >= 11 is 0. The maximum Gasteiger partial charge on any atom is 0.257 e. The maximum absolute atomic E-state index is 12.6. The molecule has 3 aromatic heterocycles. The lowest BCUT2D eigenvalue weighted by atomic mass is 10.3. The smallest absolute Gasteiger partial charge is 0.257 e. The molecule has 3 heterocycles. The number of rotatable bonds is 4. The van der Waals surface area contributed by atoms with Crippen molar-refractivity contribution in [1.29, 1.82) is 0 Å². The SMILES string of the molecule is CN(C)c1ncc(NC(=O)c2cc3ccccn3c2)c(N(C)C)n1. The molecule has 0 saturated carbocycles. The van der Waals surface area contributed by atoms with E-state index in [2.05, 4.69) is 15.3 Å². The van der Waals surface area contributed by atoms with Crippen molar-refractivity contribution in [3.63, 3.8) is 0 Å². The van der Waals surface area contributed by atoms with Gasteiger partial charge in [-0.2, -0.15) is 4.98 Å². The van der Waals surface area contributed by atoms with Crippen LogP contribution >= 0.6 is 0 Å². The molecule has 0 aliphatic heterocycles. The third-order valence-corrected chi connectivity index (χ3v) is 3.59. The molecule has 0 aliphatic rings. The van der Waals surface area contributed by atoms with Crippen molar-refractivity contribution in [3.05, 3.63) is 48.4 Å². The van der Waals surface area contributed by atoms with Gasteiger partial charge in [-0.1, -0.05) is 6.07 Å². The zero-order chi connectivity index (χ0) is 17.3. The number of pyridine rings is 1. The van der Waals surface area contributed by atoms with Crippen LogP contribution in [0.15, 0.2) is 42.9 Å². The molecule has 124 valence electrons. The number of amides is 1. The van der Waals surface area contributed by atoms with Gasteiger partial charge in [-0.3, -0.25) is 4.79 Å². The third-order valence-electron chi connectivity index (χ3n) is 3.59. The van der Waals surface area contributed by atoms with Crippen LogP contribution < -0.4 is 15.1 Å². The average Bonchev–Trinajstić information content (AvgIpc) is 2.99. The summed E-state index contributed by atoms with van der Waals surface area (Å²) in [6.45, 7) is 0. The minimum atomic E-state index is -0.192. The molecule has 7 heteroatoms. The minimum absolute atomic E-state index is 0.192. The van der Waals surface area contributed by atoms with E-state index in [0.717, 1.165) is 5.52 Å². The van der Waals surface area contributed by atoms with Crippen molar-refractivity contribution in [2.24, 2.45) is 0 Å². The predicted molar refractivity (Wildman–Crippen MR) is 96.0 cm³/mol. The third kappa shape index (κ3) is 3.01. The number of fused-ring (bicyclic) bond motifs is 1. The molecule has 0 atom stereocenters. The first-order valence-corrected chi connectivity index (χ1v) is 7.55. The Kier molecular flexibility index (Phi) is 4.07. The zero-order valence-electron chi connectivity index (χ0n) is 14.2. The topological polar surface area (TPSA) is 65.8 Å². The lowest BCUT2D eigenvalue weighted by Crippen LogP contribution is -2.20. The summed E-state index contributed by atoms with van der Waals surface area (Å²) in [5.41, 5.74) is 2.13. The first-order chi connectivity index (χ1) is 11.5. The van der Waals surface area contributed by atoms with E-state index < -0.39 is 0 Å². The van der Waals surface area contributed by atoms with Gasteiger partial charge in [0.2, 0.25) is 5.95 Å². The predicted octanol–water partition coefficient (Wildman–Crippen LogP) is 2.11. The van der Waals surface area contributed by atoms with Crippen molar-refractivity contribution in [2.45, 2.75) is 0 Å². The van der Waals surface area contributed by atoms with Crippen molar-refractivity contribution in [2.75, 3.05) is 43.3 Å². The molecule has 24 heavy (non-hydrogen) atoms. The van der Waals surface area contributed by atoms with Gasteiger partial charge in [0.15, 0.2) is 5.82 Å². The summed E-state index contributed by atoms with van der Waals surface area (Å²) < 4.78 is 1.91. The summed E-state index contributed by atoms with van der Waals surface area (Å²) in [6, 6.07) is 7.67. The van der Waals surface area contributed by atoms with Crippen LogP contribution in [0.3, 0.4) is 0 Å². The van der Waals surface area contributed by atoms with E-state index in [-0.39, 0.29) is 5.91 Å². The molecule has 0 aromatic carbocycles. The number of carbonyl (C=O) groups excluding carboxylic acids is 1. The van der Waals surface area contributed by atoms with E-state index in [0.29, 0.717) is 23.0 Å². The first kappa shape index (κ1) is 15.8. The molecule has 1 amide bonds. The standard InChI is InChI=1S/C17H20N6O/c1-21(2)15-14(10-18-17(20-15)22(3)4)19-16(24)12-9-13-7-5-6-8-23(13)11-12/h5-11H,1-4H3,(H,19,24). The molecule has 3 aromatic rings. The maximum atomic E-state index is 12.6. The van der Waals surface area contributed by atoms with Crippen LogP contribution in [0.5, 0.6) is 0 Å². The van der Waals surface area contributed by atoms with Gasteiger partial charge in [0, 0.05) is 46.1 Å². The van der Waals surface area contributed by atoms with Crippen molar-refractivity contribution < 1.29 is 4.79 Å². The second-order valence-electron chi connectivity index (χ2n) is 5.91. The molecule has 0 bridgehead atoms. The number of hydrogen-bond donors (Lipinski definition) is 1. The molecular formula is C17H20N6O. The van der Waals surface area contributed by atoms with Gasteiger partial charge >= 0.3 is 0 Å². The van der Waals surface area contributed by atoms with Crippen LogP contribution in [0.25, 0.3) is 5.52 Å². The van der Waals surface area contributed by atoms with Gasteiger partial charge in [0.05, 0.1) is 11.8 Å². The summed E-state index contributed by atoms with van der Waals surface area (Å²) in [5, 5.41) is 2.90. The Morgan fingerprint density at radius 2 is 1.96 bits per heavy atom. The van der Waals surface area contributed by atoms with Crippen molar-refractivity contribution in [3.8, 4) is 0 Å². The number of hydrogen-bond acceptors (Lipinski definition) is 5. The first-order valence-electron chi connectivity index (χ1n) is 7.55. The van der Waals surface area contributed by atoms with Gasteiger partial charge in [-0.05, 0) is 18.2 Å². The number of carbonyl (C=O) groups is 1. The Morgan fingerprint density at radius 1 is 1.17 bits per heavy atom. The number of nitrogens with zero attached hydrogens (tertiary/aromatic N) is 5. The van der Waals surface area contributed by atoms with Crippen LogP contribution in [-0.2, 0) is 0 Å². The molecule has 7 nitrogen and oxygen atoms in total.